The molecular formula is C9H12BrNO. The Morgan fingerprint density at radius 2 is 2.33 bits per heavy atom. The molecule has 0 fully saturated rings. The van der Waals surface area contributed by atoms with E-state index in [1.54, 1.807) is 6.20 Å². The fraction of sp³-hybridized carbons (Fsp3) is 0.444. The average Bonchev–Trinajstić information content (AvgIpc) is 2.08. The first-order valence-electron chi connectivity index (χ1n) is 3.95. The summed E-state index contributed by atoms with van der Waals surface area (Å²) in [6.45, 7) is 3.92. The lowest BCUT2D eigenvalue weighted by atomic mass is 10.1. The van der Waals surface area contributed by atoms with Gasteiger partial charge in [0.2, 0.25) is 0 Å². The van der Waals surface area contributed by atoms with E-state index >= 15 is 0 Å². The van der Waals surface area contributed by atoms with Gasteiger partial charge >= 0.3 is 0 Å². The third kappa shape index (κ3) is 2.05. The van der Waals surface area contributed by atoms with Crippen LogP contribution in [0.1, 0.15) is 30.7 Å². The van der Waals surface area contributed by atoms with Crippen molar-refractivity contribution in [1.29, 1.82) is 0 Å². The fourth-order valence-electron chi connectivity index (χ4n) is 0.952. The zero-order valence-electron chi connectivity index (χ0n) is 7.21. The van der Waals surface area contributed by atoms with Crippen LogP contribution in [0.5, 0.6) is 0 Å². The molecule has 1 rings (SSSR count). The Hall–Kier alpha value is -0.410. The molecule has 66 valence electrons. The molecular weight excluding hydrogens is 218 g/mol. The molecule has 1 atom stereocenters. The molecule has 0 aliphatic heterocycles. The largest absolute Gasteiger partial charge is 0.387 e. The molecule has 0 bridgehead atoms. The van der Waals surface area contributed by atoms with Gasteiger partial charge in [-0.25, -0.2) is 0 Å². The Kier molecular flexibility index (Phi) is 3.23. The van der Waals surface area contributed by atoms with Gasteiger partial charge in [-0.15, -0.1) is 0 Å². The second-order valence-corrected chi connectivity index (χ2v) is 3.64. The Morgan fingerprint density at radius 3 is 2.83 bits per heavy atom. The first kappa shape index (κ1) is 9.68. The molecule has 12 heavy (non-hydrogen) atoms. The third-order valence-corrected chi connectivity index (χ3v) is 2.63. The molecule has 3 heteroatoms. The van der Waals surface area contributed by atoms with Crippen LogP contribution >= 0.6 is 15.9 Å². The SMILES string of the molecule is CC[C@@H](O)c1cc(C)c(Br)cn1. The third-order valence-electron chi connectivity index (χ3n) is 1.80. The minimum atomic E-state index is -0.434. The van der Waals surface area contributed by atoms with E-state index in [0.29, 0.717) is 6.42 Å². The number of pyridine rings is 1. The lowest BCUT2D eigenvalue weighted by molar-refractivity contribution is 0.169. The van der Waals surface area contributed by atoms with Crippen LogP contribution < -0.4 is 0 Å². The summed E-state index contributed by atoms with van der Waals surface area (Å²) in [6.07, 6.45) is 1.99. The van der Waals surface area contributed by atoms with Crippen LogP contribution in [0.3, 0.4) is 0 Å². The van der Waals surface area contributed by atoms with Gasteiger partial charge in [0.1, 0.15) is 0 Å². The smallest absolute Gasteiger partial charge is 0.0957 e. The van der Waals surface area contributed by atoms with Crippen LogP contribution in [-0.2, 0) is 0 Å². The number of rotatable bonds is 2. The molecule has 0 spiro atoms. The first-order valence-corrected chi connectivity index (χ1v) is 4.74. The number of aryl methyl sites for hydroxylation is 1. The molecule has 1 heterocycles. The van der Waals surface area contributed by atoms with Crippen LogP contribution in [0.15, 0.2) is 16.7 Å². The van der Waals surface area contributed by atoms with E-state index in [-0.39, 0.29) is 0 Å². The van der Waals surface area contributed by atoms with E-state index in [1.807, 2.05) is 19.9 Å². The standard InChI is InChI=1S/C9H12BrNO/c1-3-9(12)8-4-6(2)7(10)5-11-8/h4-5,9,12H,3H2,1-2H3/t9-/m1/s1. The average molecular weight is 230 g/mol. The molecule has 1 N–H and O–H groups in total. The summed E-state index contributed by atoms with van der Waals surface area (Å²) in [6, 6.07) is 1.90. The summed E-state index contributed by atoms with van der Waals surface area (Å²) in [4.78, 5) is 4.11. The number of nitrogens with zero attached hydrogens (tertiary/aromatic N) is 1. The van der Waals surface area contributed by atoms with Crippen LogP contribution in [0.2, 0.25) is 0 Å². The predicted molar refractivity (Wildman–Crippen MR) is 51.9 cm³/mol. The van der Waals surface area contributed by atoms with Crippen molar-refractivity contribution in [2.45, 2.75) is 26.4 Å². The minimum absolute atomic E-state index is 0.434. The molecule has 0 aliphatic rings. The molecule has 0 saturated carbocycles. The van der Waals surface area contributed by atoms with Gasteiger partial charge in [0.15, 0.2) is 0 Å². The van der Waals surface area contributed by atoms with E-state index < -0.39 is 6.10 Å². The molecule has 0 saturated heterocycles. The number of hydrogen-bond donors (Lipinski definition) is 1. The number of aliphatic hydroxyl groups is 1. The number of halogens is 1. The summed E-state index contributed by atoms with van der Waals surface area (Å²) in [5.74, 6) is 0. The summed E-state index contributed by atoms with van der Waals surface area (Å²) < 4.78 is 0.981. The molecule has 0 amide bonds. The van der Waals surface area contributed by atoms with Gasteiger partial charge in [-0.05, 0) is 40.9 Å². The molecule has 0 aliphatic carbocycles. The molecule has 0 radical (unpaired) electrons. The zero-order chi connectivity index (χ0) is 9.14. The lowest BCUT2D eigenvalue weighted by Gasteiger charge is -2.07. The Morgan fingerprint density at radius 1 is 1.67 bits per heavy atom. The van der Waals surface area contributed by atoms with E-state index in [4.69, 9.17) is 0 Å². The topological polar surface area (TPSA) is 33.1 Å². The fourth-order valence-corrected chi connectivity index (χ4v) is 1.17. The highest BCUT2D eigenvalue weighted by Crippen LogP contribution is 2.19. The maximum Gasteiger partial charge on any atom is 0.0957 e. The summed E-state index contributed by atoms with van der Waals surface area (Å²) in [5, 5.41) is 9.47. The normalized spacial score (nSPS) is 13.0. The second-order valence-electron chi connectivity index (χ2n) is 2.78. The highest BCUT2D eigenvalue weighted by Gasteiger charge is 2.06. The Balaban J connectivity index is 2.96. The van der Waals surface area contributed by atoms with Crippen molar-refractivity contribution in [2.24, 2.45) is 0 Å². The lowest BCUT2D eigenvalue weighted by Crippen LogP contribution is -1.99. The van der Waals surface area contributed by atoms with Crippen molar-refractivity contribution >= 4 is 15.9 Å². The first-order chi connectivity index (χ1) is 5.65. The molecule has 0 unspecified atom stereocenters. The van der Waals surface area contributed by atoms with Crippen molar-refractivity contribution in [3.8, 4) is 0 Å². The summed E-state index contributed by atoms with van der Waals surface area (Å²) in [7, 11) is 0. The monoisotopic (exact) mass is 229 g/mol. The minimum Gasteiger partial charge on any atom is -0.387 e. The highest BCUT2D eigenvalue weighted by atomic mass is 79.9. The van der Waals surface area contributed by atoms with E-state index in [2.05, 4.69) is 20.9 Å². The maximum absolute atomic E-state index is 9.47. The molecule has 1 aromatic heterocycles. The van der Waals surface area contributed by atoms with Crippen molar-refractivity contribution < 1.29 is 5.11 Å². The summed E-state index contributed by atoms with van der Waals surface area (Å²) >= 11 is 3.36. The van der Waals surface area contributed by atoms with Crippen LogP contribution in [-0.4, -0.2) is 10.1 Å². The number of aliphatic hydroxyl groups excluding tert-OH is 1. The van der Waals surface area contributed by atoms with Gasteiger partial charge < -0.3 is 5.11 Å². The number of aromatic nitrogens is 1. The van der Waals surface area contributed by atoms with Gasteiger partial charge in [-0.2, -0.15) is 0 Å². The van der Waals surface area contributed by atoms with Gasteiger partial charge in [-0.3, -0.25) is 4.98 Å². The van der Waals surface area contributed by atoms with Gasteiger partial charge in [-0.1, -0.05) is 6.92 Å². The van der Waals surface area contributed by atoms with Gasteiger partial charge in [0.05, 0.1) is 11.8 Å². The van der Waals surface area contributed by atoms with Crippen molar-refractivity contribution in [2.75, 3.05) is 0 Å². The molecule has 0 aromatic carbocycles. The number of hydrogen-bond acceptors (Lipinski definition) is 2. The van der Waals surface area contributed by atoms with Crippen molar-refractivity contribution in [1.82, 2.24) is 4.98 Å². The van der Waals surface area contributed by atoms with Gasteiger partial charge in [0.25, 0.3) is 0 Å². The Labute approximate surface area is 80.8 Å². The quantitative estimate of drug-likeness (QED) is 0.846. The maximum atomic E-state index is 9.47. The van der Waals surface area contributed by atoms with Crippen molar-refractivity contribution in [3.05, 3.63) is 28.0 Å². The van der Waals surface area contributed by atoms with E-state index in [9.17, 15) is 5.11 Å². The Bertz CT molecular complexity index is 275. The molecule has 1 aromatic rings. The zero-order valence-corrected chi connectivity index (χ0v) is 8.80. The highest BCUT2D eigenvalue weighted by molar-refractivity contribution is 9.10. The van der Waals surface area contributed by atoms with Crippen LogP contribution in [0, 0.1) is 6.92 Å². The predicted octanol–water partition coefficient (Wildman–Crippen LogP) is 2.60. The van der Waals surface area contributed by atoms with E-state index in [1.165, 1.54) is 0 Å². The van der Waals surface area contributed by atoms with Crippen molar-refractivity contribution in [3.63, 3.8) is 0 Å². The van der Waals surface area contributed by atoms with E-state index in [0.717, 1.165) is 15.7 Å². The molecule has 2 nitrogen and oxygen atoms in total. The second kappa shape index (κ2) is 4.01. The van der Waals surface area contributed by atoms with Crippen LogP contribution in [0.4, 0.5) is 0 Å². The summed E-state index contributed by atoms with van der Waals surface area (Å²) in [5.41, 5.74) is 1.85. The van der Waals surface area contributed by atoms with Gasteiger partial charge in [0, 0.05) is 10.7 Å². The van der Waals surface area contributed by atoms with Crippen LogP contribution in [0.25, 0.3) is 0 Å².